The summed E-state index contributed by atoms with van der Waals surface area (Å²) in [6, 6.07) is 1.71. The highest BCUT2D eigenvalue weighted by molar-refractivity contribution is 7.99. The molecule has 1 aliphatic heterocycles. The van der Waals surface area contributed by atoms with Crippen molar-refractivity contribution < 1.29 is 0 Å². The van der Waals surface area contributed by atoms with Crippen LogP contribution in [0.15, 0.2) is 0 Å². The predicted molar refractivity (Wildman–Crippen MR) is 51.1 cm³/mol. The summed E-state index contributed by atoms with van der Waals surface area (Å²) in [4.78, 5) is 0. The molecule has 11 heavy (non-hydrogen) atoms. The average Bonchev–Trinajstić information content (AvgIpc) is 2.69. The molecular weight excluding hydrogens is 154 g/mol. The Balaban J connectivity index is 1.68. The Morgan fingerprint density at radius 2 is 2.27 bits per heavy atom. The lowest BCUT2D eigenvalue weighted by Crippen LogP contribution is -2.35. The third kappa shape index (κ3) is 2.12. The first kappa shape index (κ1) is 7.93. The highest BCUT2D eigenvalue weighted by Gasteiger charge is 2.34. The van der Waals surface area contributed by atoms with Gasteiger partial charge in [0, 0.05) is 17.8 Å². The average molecular weight is 171 g/mol. The predicted octanol–water partition coefficient (Wildman–Crippen LogP) is 1.88. The fourth-order valence-corrected chi connectivity index (χ4v) is 2.81. The number of thioether (sulfide) groups is 1. The lowest BCUT2D eigenvalue weighted by atomic mass is 10.2. The molecule has 3 unspecified atom stereocenters. The highest BCUT2D eigenvalue weighted by Crippen LogP contribution is 2.31. The maximum atomic E-state index is 3.72. The molecule has 1 aliphatic carbocycles. The van der Waals surface area contributed by atoms with Gasteiger partial charge in [0.1, 0.15) is 0 Å². The third-order valence-electron chi connectivity index (χ3n) is 2.72. The van der Waals surface area contributed by atoms with Crippen LogP contribution < -0.4 is 5.32 Å². The fourth-order valence-electron chi connectivity index (χ4n) is 1.73. The van der Waals surface area contributed by atoms with Gasteiger partial charge in [-0.05, 0) is 30.9 Å². The summed E-state index contributed by atoms with van der Waals surface area (Å²) >= 11 is 2.11. The molecule has 0 bridgehead atoms. The van der Waals surface area contributed by atoms with Crippen LogP contribution in [0.1, 0.15) is 26.2 Å². The maximum absolute atomic E-state index is 3.72. The molecule has 1 saturated heterocycles. The Hall–Kier alpha value is 0.310. The van der Waals surface area contributed by atoms with Gasteiger partial charge in [0.05, 0.1) is 0 Å². The summed E-state index contributed by atoms with van der Waals surface area (Å²) in [5.74, 6) is 3.70. The van der Waals surface area contributed by atoms with E-state index in [-0.39, 0.29) is 0 Å². The zero-order valence-electron chi connectivity index (χ0n) is 7.18. The van der Waals surface area contributed by atoms with Crippen LogP contribution in [-0.2, 0) is 0 Å². The second kappa shape index (κ2) is 3.36. The summed E-state index contributed by atoms with van der Waals surface area (Å²) in [7, 11) is 0. The van der Waals surface area contributed by atoms with Crippen LogP contribution in [0.3, 0.4) is 0 Å². The normalized spacial score (nSPS) is 43.9. The van der Waals surface area contributed by atoms with Gasteiger partial charge in [-0.25, -0.2) is 0 Å². The van der Waals surface area contributed by atoms with Gasteiger partial charge in [-0.3, -0.25) is 0 Å². The molecule has 1 saturated carbocycles. The van der Waals surface area contributed by atoms with Crippen LogP contribution in [0, 0.1) is 5.92 Å². The number of hydrogen-bond acceptors (Lipinski definition) is 2. The Morgan fingerprint density at radius 3 is 2.82 bits per heavy atom. The molecule has 0 radical (unpaired) electrons. The van der Waals surface area contributed by atoms with E-state index in [1.807, 2.05) is 0 Å². The molecule has 2 aliphatic rings. The molecule has 64 valence electrons. The van der Waals surface area contributed by atoms with Gasteiger partial charge < -0.3 is 5.32 Å². The topological polar surface area (TPSA) is 12.0 Å². The minimum Gasteiger partial charge on any atom is -0.310 e. The van der Waals surface area contributed by atoms with E-state index in [9.17, 15) is 0 Å². The molecule has 0 aromatic carbocycles. The molecule has 1 N–H and O–H groups in total. The maximum Gasteiger partial charge on any atom is 0.0161 e. The van der Waals surface area contributed by atoms with E-state index in [4.69, 9.17) is 0 Å². The molecular formula is C9H17NS. The second-order valence-electron chi connectivity index (χ2n) is 3.90. The lowest BCUT2D eigenvalue weighted by Gasteiger charge is -2.22. The van der Waals surface area contributed by atoms with Crippen molar-refractivity contribution in [2.24, 2.45) is 5.92 Å². The summed E-state index contributed by atoms with van der Waals surface area (Å²) in [5.41, 5.74) is 0. The summed E-state index contributed by atoms with van der Waals surface area (Å²) in [6.45, 7) is 2.34. The van der Waals surface area contributed by atoms with Crippen molar-refractivity contribution in [3.63, 3.8) is 0 Å². The Kier molecular flexibility index (Phi) is 2.42. The summed E-state index contributed by atoms with van der Waals surface area (Å²) in [6.07, 6.45) is 4.25. The molecule has 1 nitrogen and oxygen atoms in total. The van der Waals surface area contributed by atoms with Crippen LogP contribution in [0.5, 0.6) is 0 Å². The molecule has 0 amide bonds. The van der Waals surface area contributed by atoms with E-state index in [1.165, 1.54) is 30.8 Å². The zero-order chi connectivity index (χ0) is 7.68. The minimum atomic E-state index is 0.837. The Morgan fingerprint density at radius 1 is 1.45 bits per heavy atom. The van der Waals surface area contributed by atoms with Crippen molar-refractivity contribution in [2.75, 3.05) is 11.5 Å². The quantitative estimate of drug-likeness (QED) is 0.681. The molecule has 2 fully saturated rings. The molecule has 1 heterocycles. The minimum absolute atomic E-state index is 0.837. The van der Waals surface area contributed by atoms with Crippen molar-refractivity contribution in [3.8, 4) is 0 Å². The second-order valence-corrected chi connectivity index (χ2v) is 5.05. The highest BCUT2D eigenvalue weighted by atomic mass is 32.2. The first-order valence-electron chi connectivity index (χ1n) is 4.70. The van der Waals surface area contributed by atoms with Gasteiger partial charge in [0.25, 0.3) is 0 Å². The van der Waals surface area contributed by atoms with Crippen molar-refractivity contribution >= 4 is 11.8 Å². The van der Waals surface area contributed by atoms with Gasteiger partial charge in [-0.1, -0.05) is 6.92 Å². The summed E-state index contributed by atoms with van der Waals surface area (Å²) < 4.78 is 0. The largest absolute Gasteiger partial charge is 0.310 e. The van der Waals surface area contributed by atoms with Gasteiger partial charge in [-0.15, -0.1) is 0 Å². The van der Waals surface area contributed by atoms with E-state index < -0.39 is 0 Å². The van der Waals surface area contributed by atoms with E-state index in [0.29, 0.717) is 0 Å². The molecule has 2 rings (SSSR count). The number of rotatable bonds is 2. The van der Waals surface area contributed by atoms with E-state index in [0.717, 1.165) is 18.0 Å². The first-order chi connectivity index (χ1) is 5.36. The van der Waals surface area contributed by atoms with Crippen LogP contribution in [0.2, 0.25) is 0 Å². The third-order valence-corrected chi connectivity index (χ3v) is 3.93. The summed E-state index contributed by atoms with van der Waals surface area (Å²) in [5, 5.41) is 3.72. The van der Waals surface area contributed by atoms with Gasteiger partial charge in [0.2, 0.25) is 0 Å². The Labute approximate surface area is 73.3 Å². The van der Waals surface area contributed by atoms with Crippen molar-refractivity contribution in [1.82, 2.24) is 5.32 Å². The monoisotopic (exact) mass is 171 g/mol. The fraction of sp³-hybridized carbons (Fsp3) is 1.00. The molecule has 2 heteroatoms. The Bertz CT molecular complexity index is 132. The smallest absolute Gasteiger partial charge is 0.0161 e. The van der Waals surface area contributed by atoms with Crippen molar-refractivity contribution in [3.05, 3.63) is 0 Å². The van der Waals surface area contributed by atoms with Crippen molar-refractivity contribution in [2.45, 2.75) is 38.3 Å². The van der Waals surface area contributed by atoms with Crippen LogP contribution in [0.4, 0.5) is 0 Å². The van der Waals surface area contributed by atoms with Gasteiger partial charge >= 0.3 is 0 Å². The van der Waals surface area contributed by atoms with Crippen LogP contribution >= 0.6 is 11.8 Å². The zero-order valence-corrected chi connectivity index (χ0v) is 7.99. The number of nitrogens with one attached hydrogen (secondary N) is 1. The van der Waals surface area contributed by atoms with Gasteiger partial charge in [0.15, 0.2) is 0 Å². The molecule has 0 aromatic heterocycles. The van der Waals surface area contributed by atoms with Gasteiger partial charge in [-0.2, -0.15) is 11.8 Å². The lowest BCUT2D eigenvalue weighted by molar-refractivity contribution is 0.494. The van der Waals surface area contributed by atoms with Crippen LogP contribution in [0.25, 0.3) is 0 Å². The number of hydrogen-bond donors (Lipinski definition) is 1. The first-order valence-corrected chi connectivity index (χ1v) is 5.85. The molecule has 0 aromatic rings. The van der Waals surface area contributed by atoms with Crippen molar-refractivity contribution in [1.29, 1.82) is 0 Å². The van der Waals surface area contributed by atoms with E-state index in [2.05, 4.69) is 24.0 Å². The molecule has 3 atom stereocenters. The molecule has 0 spiro atoms. The van der Waals surface area contributed by atoms with E-state index in [1.54, 1.807) is 0 Å². The van der Waals surface area contributed by atoms with E-state index >= 15 is 0 Å². The standard InChI is InChI=1S/C9H17NS/c1-7-5-9(7)10-8-3-2-4-11-6-8/h7-10H,2-6H2,1H3. The SMILES string of the molecule is CC1CC1NC1CCCSC1. The van der Waals surface area contributed by atoms with Crippen LogP contribution in [-0.4, -0.2) is 23.6 Å².